The van der Waals surface area contributed by atoms with Gasteiger partial charge in [0.15, 0.2) is 11.5 Å². The quantitative estimate of drug-likeness (QED) is 0.750. The lowest BCUT2D eigenvalue weighted by Gasteiger charge is -2.38. The van der Waals surface area contributed by atoms with Crippen LogP contribution in [-0.4, -0.2) is 55.4 Å². The van der Waals surface area contributed by atoms with Gasteiger partial charge in [-0.15, -0.1) is 0 Å². The third kappa shape index (κ3) is 4.88. The van der Waals surface area contributed by atoms with E-state index in [1.54, 1.807) is 7.11 Å². The largest absolute Gasteiger partial charge is 0.495 e. The fourth-order valence-electron chi connectivity index (χ4n) is 4.26. The lowest BCUT2D eigenvalue weighted by atomic mass is 10.0. The molecule has 0 atom stereocenters. The van der Waals surface area contributed by atoms with Crippen LogP contribution in [0.4, 0.5) is 10.5 Å². The first kappa shape index (κ1) is 21.3. The highest BCUT2D eigenvalue weighted by Gasteiger charge is 2.29. The number of nitrogens with zero attached hydrogens (tertiary/aromatic N) is 2. The summed E-state index contributed by atoms with van der Waals surface area (Å²) in [4.78, 5) is 17.8. The molecule has 2 aromatic rings. The molecule has 0 aliphatic carbocycles. The first-order chi connectivity index (χ1) is 15.1. The van der Waals surface area contributed by atoms with Gasteiger partial charge in [-0.2, -0.15) is 0 Å². The van der Waals surface area contributed by atoms with E-state index in [1.807, 2.05) is 48.2 Å². The first-order valence-electron chi connectivity index (χ1n) is 10.9. The number of ether oxygens (including phenoxy) is 3. The normalized spacial score (nSPS) is 16.2. The Morgan fingerprint density at radius 1 is 1.16 bits per heavy atom. The molecule has 1 fully saturated rings. The van der Waals surface area contributed by atoms with Crippen molar-refractivity contribution in [3.05, 3.63) is 47.5 Å². The number of aryl methyl sites for hydroxylation is 1. The molecule has 0 saturated carbocycles. The van der Waals surface area contributed by atoms with Gasteiger partial charge in [0.2, 0.25) is 6.79 Å². The summed E-state index contributed by atoms with van der Waals surface area (Å²) < 4.78 is 16.4. The molecule has 166 valence electrons. The highest BCUT2D eigenvalue weighted by atomic mass is 16.7. The van der Waals surface area contributed by atoms with Gasteiger partial charge in [0.05, 0.1) is 12.8 Å². The molecule has 2 aliphatic rings. The molecule has 31 heavy (non-hydrogen) atoms. The molecule has 2 heterocycles. The van der Waals surface area contributed by atoms with Crippen molar-refractivity contribution in [3.8, 4) is 17.2 Å². The van der Waals surface area contributed by atoms with Crippen molar-refractivity contribution < 1.29 is 19.0 Å². The van der Waals surface area contributed by atoms with Crippen LogP contribution in [0.2, 0.25) is 0 Å². The van der Waals surface area contributed by atoms with E-state index in [-0.39, 0.29) is 18.9 Å². The molecule has 0 spiro atoms. The van der Waals surface area contributed by atoms with Crippen LogP contribution in [0.25, 0.3) is 0 Å². The number of anilines is 1. The van der Waals surface area contributed by atoms with E-state index in [1.165, 1.54) is 0 Å². The highest BCUT2D eigenvalue weighted by Crippen LogP contribution is 2.33. The lowest BCUT2D eigenvalue weighted by molar-refractivity contribution is 0.126. The fourth-order valence-corrected chi connectivity index (χ4v) is 4.26. The number of carbonyl (C=O) groups excluding carboxylic acids is 1. The topological polar surface area (TPSA) is 63.3 Å². The summed E-state index contributed by atoms with van der Waals surface area (Å²) in [6.07, 6.45) is 1.91. The molecule has 0 radical (unpaired) electrons. The number of rotatable bonds is 6. The Labute approximate surface area is 183 Å². The third-order valence-corrected chi connectivity index (χ3v) is 6.09. The van der Waals surface area contributed by atoms with Crippen LogP contribution >= 0.6 is 0 Å². The molecule has 1 saturated heterocycles. The fraction of sp³-hybridized carbons (Fsp3) is 0.458. The van der Waals surface area contributed by atoms with Crippen LogP contribution in [-0.2, 0) is 6.54 Å². The number of piperidine rings is 1. The summed E-state index contributed by atoms with van der Waals surface area (Å²) in [7, 11) is 1.62. The summed E-state index contributed by atoms with van der Waals surface area (Å²) in [5, 5.41) is 3.09. The maximum absolute atomic E-state index is 13.5. The number of likely N-dealkylation sites (tertiary alicyclic amines) is 1. The average molecular weight is 426 g/mol. The monoisotopic (exact) mass is 425 g/mol. The Kier molecular flexibility index (Phi) is 6.51. The van der Waals surface area contributed by atoms with E-state index in [0.29, 0.717) is 18.0 Å². The van der Waals surface area contributed by atoms with Crippen LogP contribution < -0.4 is 19.5 Å². The second kappa shape index (κ2) is 9.47. The van der Waals surface area contributed by atoms with E-state index in [4.69, 9.17) is 14.2 Å². The van der Waals surface area contributed by atoms with Gasteiger partial charge in [0.1, 0.15) is 5.75 Å². The van der Waals surface area contributed by atoms with E-state index in [0.717, 1.165) is 55.1 Å². The Hall–Kier alpha value is -2.93. The second-order valence-electron chi connectivity index (χ2n) is 8.11. The SMILES string of the molecule is CCN1CCC(N(Cc2ccc3c(c2)OCO3)C(=O)Nc2cc(C)ccc2OC)CC1. The van der Waals surface area contributed by atoms with Crippen LogP contribution in [0.15, 0.2) is 36.4 Å². The first-order valence-corrected chi connectivity index (χ1v) is 10.9. The number of hydrogen-bond donors (Lipinski definition) is 1. The van der Waals surface area contributed by atoms with Crippen molar-refractivity contribution in [2.45, 2.75) is 39.3 Å². The molecule has 2 aliphatic heterocycles. The third-order valence-electron chi connectivity index (χ3n) is 6.09. The van der Waals surface area contributed by atoms with Gasteiger partial charge in [-0.05, 0) is 61.7 Å². The molecular formula is C24H31N3O4. The summed E-state index contributed by atoms with van der Waals surface area (Å²) in [5.41, 5.74) is 2.78. The van der Waals surface area contributed by atoms with Gasteiger partial charge in [-0.1, -0.05) is 19.1 Å². The minimum atomic E-state index is -0.114. The summed E-state index contributed by atoms with van der Waals surface area (Å²) in [6.45, 7) is 7.97. The molecule has 0 unspecified atom stereocenters. The van der Waals surface area contributed by atoms with Gasteiger partial charge >= 0.3 is 6.03 Å². The minimum absolute atomic E-state index is 0.114. The van der Waals surface area contributed by atoms with E-state index in [9.17, 15) is 4.79 Å². The van der Waals surface area contributed by atoms with Crippen molar-refractivity contribution in [2.24, 2.45) is 0 Å². The van der Waals surface area contributed by atoms with Gasteiger partial charge in [-0.25, -0.2) is 4.79 Å². The summed E-state index contributed by atoms with van der Waals surface area (Å²) in [5.74, 6) is 2.14. The summed E-state index contributed by atoms with van der Waals surface area (Å²) in [6, 6.07) is 11.7. The Bertz CT molecular complexity index is 925. The minimum Gasteiger partial charge on any atom is -0.495 e. The van der Waals surface area contributed by atoms with E-state index >= 15 is 0 Å². The van der Waals surface area contributed by atoms with Crippen molar-refractivity contribution >= 4 is 11.7 Å². The smallest absolute Gasteiger partial charge is 0.322 e. The molecule has 1 N–H and O–H groups in total. The maximum atomic E-state index is 13.5. The molecule has 4 rings (SSSR count). The van der Waals surface area contributed by atoms with Gasteiger partial charge in [0, 0.05) is 25.7 Å². The molecular weight excluding hydrogens is 394 g/mol. The summed E-state index contributed by atoms with van der Waals surface area (Å²) >= 11 is 0. The molecule has 0 aromatic heterocycles. The van der Waals surface area contributed by atoms with Gasteiger partial charge in [-0.3, -0.25) is 0 Å². The number of hydrogen-bond acceptors (Lipinski definition) is 5. The van der Waals surface area contributed by atoms with E-state index < -0.39 is 0 Å². The number of fused-ring (bicyclic) bond motifs is 1. The standard InChI is InChI=1S/C24H31N3O4/c1-4-26-11-9-19(10-12-26)27(15-18-6-8-22-23(14-18)31-16-30-22)24(28)25-20-13-17(2)5-7-21(20)29-3/h5-8,13-14,19H,4,9-12,15-16H2,1-3H3,(H,25,28). The Morgan fingerprint density at radius 2 is 1.94 bits per heavy atom. The second-order valence-corrected chi connectivity index (χ2v) is 8.11. The van der Waals surface area contributed by atoms with Crippen LogP contribution in [0, 0.1) is 6.92 Å². The van der Waals surface area contributed by atoms with Crippen LogP contribution in [0.3, 0.4) is 0 Å². The molecule has 7 nitrogen and oxygen atoms in total. The van der Waals surface area contributed by atoms with E-state index in [2.05, 4.69) is 17.1 Å². The number of nitrogens with one attached hydrogen (secondary N) is 1. The van der Waals surface area contributed by atoms with Crippen molar-refractivity contribution in [1.29, 1.82) is 0 Å². The molecule has 0 bridgehead atoms. The molecule has 2 amide bonds. The predicted molar refractivity (Wildman–Crippen MR) is 120 cm³/mol. The Morgan fingerprint density at radius 3 is 2.68 bits per heavy atom. The number of benzene rings is 2. The van der Waals surface area contributed by atoms with Crippen LogP contribution in [0.5, 0.6) is 17.2 Å². The van der Waals surface area contributed by atoms with Crippen molar-refractivity contribution in [1.82, 2.24) is 9.80 Å². The zero-order valence-corrected chi connectivity index (χ0v) is 18.5. The zero-order chi connectivity index (χ0) is 21.8. The average Bonchev–Trinajstić information content (AvgIpc) is 3.25. The number of amides is 2. The highest BCUT2D eigenvalue weighted by molar-refractivity contribution is 5.91. The molecule has 2 aromatic carbocycles. The number of urea groups is 1. The predicted octanol–water partition coefficient (Wildman–Crippen LogP) is 4.25. The van der Waals surface area contributed by atoms with Gasteiger partial charge in [0.25, 0.3) is 0 Å². The zero-order valence-electron chi connectivity index (χ0n) is 18.5. The number of carbonyl (C=O) groups is 1. The van der Waals surface area contributed by atoms with Gasteiger partial charge < -0.3 is 29.3 Å². The van der Waals surface area contributed by atoms with Crippen LogP contribution in [0.1, 0.15) is 30.9 Å². The van der Waals surface area contributed by atoms with Crippen molar-refractivity contribution in [3.63, 3.8) is 0 Å². The molecule has 7 heteroatoms. The number of methoxy groups -OCH3 is 1. The Balaban J connectivity index is 1.56. The van der Waals surface area contributed by atoms with Crippen molar-refractivity contribution in [2.75, 3.05) is 38.9 Å². The lowest BCUT2D eigenvalue weighted by Crippen LogP contribution is -2.48. The maximum Gasteiger partial charge on any atom is 0.322 e.